The summed E-state index contributed by atoms with van der Waals surface area (Å²) in [6.45, 7) is 1.82. The fraction of sp³-hybridized carbons (Fsp3) is 0.467. The van der Waals surface area contributed by atoms with Gasteiger partial charge in [-0.3, -0.25) is 9.48 Å². The maximum atomic E-state index is 12.7. The average Bonchev–Trinajstić information content (AvgIpc) is 3.17. The molecule has 2 aromatic heterocycles. The van der Waals surface area contributed by atoms with E-state index in [0.29, 0.717) is 18.7 Å². The van der Waals surface area contributed by atoms with Crippen LogP contribution in [0.1, 0.15) is 34.2 Å². The Labute approximate surface area is 123 Å². The molecule has 1 aliphatic rings. The minimum Gasteiger partial charge on any atom is -0.467 e. The zero-order chi connectivity index (χ0) is 14.8. The SMILES string of the molecule is CN(Cc1ccco1)C(=O)c1cn(C)nc1C1CCOC1. The molecule has 0 N–H and O–H groups in total. The molecular weight excluding hydrogens is 270 g/mol. The van der Waals surface area contributed by atoms with Gasteiger partial charge in [-0.25, -0.2) is 0 Å². The standard InChI is InChI=1S/C15H19N3O3/c1-17(8-12-4-3-6-21-12)15(19)13-9-18(2)16-14(13)11-5-7-20-10-11/h3-4,6,9,11H,5,7-8,10H2,1-2H3. The summed E-state index contributed by atoms with van der Waals surface area (Å²) in [5.74, 6) is 0.934. The van der Waals surface area contributed by atoms with Crippen LogP contribution >= 0.6 is 0 Å². The summed E-state index contributed by atoms with van der Waals surface area (Å²) in [6, 6.07) is 3.68. The Balaban J connectivity index is 1.80. The zero-order valence-corrected chi connectivity index (χ0v) is 12.3. The Hall–Kier alpha value is -2.08. The molecule has 0 bridgehead atoms. The molecule has 1 atom stereocenters. The lowest BCUT2D eigenvalue weighted by atomic mass is 10.0. The number of hydrogen-bond acceptors (Lipinski definition) is 4. The molecular formula is C15H19N3O3. The highest BCUT2D eigenvalue weighted by atomic mass is 16.5. The molecule has 2 aromatic rings. The van der Waals surface area contributed by atoms with Gasteiger partial charge in [-0.15, -0.1) is 0 Å². The molecule has 6 heteroatoms. The van der Waals surface area contributed by atoms with E-state index in [4.69, 9.17) is 9.15 Å². The topological polar surface area (TPSA) is 60.5 Å². The van der Waals surface area contributed by atoms with Gasteiger partial charge >= 0.3 is 0 Å². The summed E-state index contributed by atoms with van der Waals surface area (Å²) in [6.07, 6.45) is 4.31. The Morgan fingerprint density at radius 1 is 1.57 bits per heavy atom. The molecule has 1 aliphatic heterocycles. The van der Waals surface area contributed by atoms with Crippen molar-refractivity contribution in [1.29, 1.82) is 0 Å². The second kappa shape index (κ2) is 5.73. The predicted molar refractivity (Wildman–Crippen MR) is 75.9 cm³/mol. The van der Waals surface area contributed by atoms with Gasteiger partial charge < -0.3 is 14.1 Å². The smallest absolute Gasteiger partial charge is 0.257 e. The fourth-order valence-electron chi connectivity index (χ4n) is 2.64. The van der Waals surface area contributed by atoms with E-state index in [1.165, 1.54) is 0 Å². The van der Waals surface area contributed by atoms with Gasteiger partial charge in [0.25, 0.3) is 5.91 Å². The van der Waals surface area contributed by atoms with E-state index in [1.54, 1.807) is 29.1 Å². The Bertz CT molecular complexity index is 612. The van der Waals surface area contributed by atoms with Crippen molar-refractivity contribution in [2.45, 2.75) is 18.9 Å². The summed E-state index contributed by atoms with van der Waals surface area (Å²) >= 11 is 0. The number of rotatable bonds is 4. The molecule has 0 aromatic carbocycles. The fourth-order valence-corrected chi connectivity index (χ4v) is 2.64. The normalized spacial score (nSPS) is 18.1. The third-order valence-corrected chi connectivity index (χ3v) is 3.72. The number of hydrogen-bond donors (Lipinski definition) is 0. The largest absolute Gasteiger partial charge is 0.467 e. The van der Waals surface area contributed by atoms with Gasteiger partial charge in [-0.2, -0.15) is 5.10 Å². The predicted octanol–water partition coefficient (Wildman–Crippen LogP) is 1.79. The lowest BCUT2D eigenvalue weighted by Crippen LogP contribution is -2.27. The Morgan fingerprint density at radius 3 is 3.10 bits per heavy atom. The molecule has 6 nitrogen and oxygen atoms in total. The molecule has 1 unspecified atom stereocenters. The van der Waals surface area contributed by atoms with Crippen LogP contribution in [0.5, 0.6) is 0 Å². The van der Waals surface area contributed by atoms with Crippen molar-refractivity contribution < 1.29 is 13.9 Å². The molecule has 3 rings (SSSR count). The number of aromatic nitrogens is 2. The van der Waals surface area contributed by atoms with Gasteiger partial charge in [-0.05, 0) is 18.6 Å². The van der Waals surface area contributed by atoms with Crippen LogP contribution in [0.4, 0.5) is 0 Å². The van der Waals surface area contributed by atoms with Crippen molar-refractivity contribution in [1.82, 2.24) is 14.7 Å². The molecule has 1 fully saturated rings. The number of aryl methyl sites for hydroxylation is 1. The van der Waals surface area contributed by atoms with Crippen LogP contribution in [0.3, 0.4) is 0 Å². The van der Waals surface area contributed by atoms with Crippen LogP contribution < -0.4 is 0 Å². The molecule has 21 heavy (non-hydrogen) atoms. The zero-order valence-electron chi connectivity index (χ0n) is 12.3. The van der Waals surface area contributed by atoms with Gasteiger partial charge in [0, 0.05) is 32.8 Å². The first kappa shape index (κ1) is 13.9. The number of carbonyl (C=O) groups is 1. The highest BCUT2D eigenvalue weighted by Gasteiger charge is 2.28. The maximum absolute atomic E-state index is 12.7. The third-order valence-electron chi connectivity index (χ3n) is 3.72. The first-order chi connectivity index (χ1) is 10.1. The molecule has 0 aliphatic carbocycles. The highest BCUT2D eigenvalue weighted by molar-refractivity contribution is 5.95. The lowest BCUT2D eigenvalue weighted by Gasteiger charge is -2.16. The number of ether oxygens (including phenoxy) is 1. The molecule has 0 radical (unpaired) electrons. The van der Waals surface area contributed by atoms with Crippen molar-refractivity contribution in [3.05, 3.63) is 41.6 Å². The van der Waals surface area contributed by atoms with E-state index >= 15 is 0 Å². The van der Waals surface area contributed by atoms with Crippen LogP contribution in [0.15, 0.2) is 29.0 Å². The van der Waals surface area contributed by atoms with Crippen LogP contribution in [0.2, 0.25) is 0 Å². The minimum absolute atomic E-state index is 0.0404. The molecule has 0 spiro atoms. The van der Waals surface area contributed by atoms with Gasteiger partial charge in [0.2, 0.25) is 0 Å². The number of nitrogens with zero attached hydrogens (tertiary/aromatic N) is 3. The monoisotopic (exact) mass is 289 g/mol. The van der Waals surface area contributed by atoms with E-state index < -0.39 is 0 Å². The van der Waals surface area contributed by atoms with Gasteiger partial charge in [0.15, 0.2) is 0 Å². The molecule has 3 heterocycles. The second-order valence-electron chi connectivity index (χ2n) is 5.40. The van der Waals surface area contributed by atoms with Crippen molar-refractivity contribution in [2.24, 2.45) is 7.05 Å². The average molecular weight is 289 g/mol. The van der Waals surface area contributed by atoms with Crippen LogP contribution in [0, 0.1) is 0 Å². The first-order valence-electron chi connectivity index (χ1n) is 7.04. The quantitative estimate of drug-likeness (QED) is 0.861. The Kier molecular flexibility index (Phi) is 3.79. The van der Waals surface area contributed by atoms with Crippen molar-refractivity contribution in [2.75, 3.05) is 20.3 Å². The number of furan rings is 1. The molecule has 0 saturated carbocycles. The van der Waals surface area contributed by atoms with E-state index in [-0.39, 0.29) is 11.8 Å². The summed E-state index contributed by atoms with van der Waals surface area (Å²) in [5, 5.41) is 4.46. The number of carbonyl (C=O) groups excluding carboxylic acids is 1. The summed E-state index contributed by atoms with van der Waals surface area (Å²) in [4.78, 5) is 14.3. The van der Waals surface area contributed by atoms with Crippen molar-refractivity contribution in [3.63, 3.8) is 0 Å². The first-order valence-corrected chi connectivity index (χ1v) is 7.04. The summed E-state index contributed by atoms with van der Waals surface area (Å²) < 4.78 is 12.4. The van der Waals surface area contributed by atoms with Crippen LogP contribution in [-0.2, 0) is 18.3 Å². The summed E-state index contributed by atoms with van der Waals surface area (Å²) in [5.41, 5.74) is 1.49. The van der Waals surface area contributed by atoms with E-state index in [1.807, 2.05) is 19.2 Å². The molecule has 1 amide bonds. The number of amides is 1. The maximum Gasteiger partial charge on any atom is 0.257 e. The van der Waals surface area contributed by atoms with E-state index in [9.17, 15) is 4.79 Å². The van der Waals surface area contributed by atoms with Gasteiger partial charge in [0.05, 0.1) is 30.7 Å². The second-order valence-corrected chi connectivity index (χ2v) is 5.40. The Morgan fingerprint density at radius 2 is 2.43 bits per heavy atom. The van der Waals surface area contributed by atoms with Crippen molar-refractivity contribution >= 4 is 5.91 Å². The molecule has 112 valence electrons. The van der Waals surface area contributed by atoms with E-state index in [0.717, 1.165) is 24.5 Å². The molecule has 1 saturated heterocycles. The lowest BCUT2D eigenvalue weighted by molar-refractivity contribution is 0.0773. The van der Waals surface area contributed by atoms with Crippen molar-refractivity contribution in [3.8, 4) is 0 Å². The summed E-state index contributed by atoms with van der Waals surface area (Å²) in [7, 11) is 3.61. The van der Waals surface area contributed by atoms with Gasteiger partial charge in [0.1, 0.15) is 5.76 Å². The minimum atomic E-state index is -0.0404. The van der Waals surface area contributed by atoms with Crippen LogP contribution in [-0.4, -0.2) is 40.8 Å². The van der Waals surface area contributed by atoms with Crippen LogP contribution in [0.25, 0.3) is 0 Å². The van der Waals surface area contributed by atoms with E-state index in [2.05, 4.69) is 5.10 Å². The van der Waals surface area contributed by atoms with Gasteiger partial charge in [-0.1, -0.05) is 0 Å². The highest BCUT2D eigenvalue weighted by Crippen LogP contribution is 2.27. The third kappa shape index (κ3) is 2.85.